The molecule has 0 radical (unpaired) electrons. The SMILES string of the molecule is C1=CC(c2cccc3c2sc2ccccc23)SC(n2c3ccccc3c3ccc4c(c5ccccc5n4-c4ccccc4)c32)=C1. The number of hydrogen-bond acceptors (Lipinski definition) is 2. The summed E-state index contributed by atoms with van der Waals surface area (Å²) in [6, 6.07) is 48.7. The molecule has 0 amide bonds. The van der Waals surface area contributed by atoms with Gasteiger partial charge >= 0.3 is 0 Å². The maximum atomic E-state index is 2.53. The molecule has 0 bridgehead atoms. The van der Waals surface area contributed by atoms with Crippen LogP contribution in [0, 0.1) is 0 Å². The Morgan fingerprint density at radius 2 is 1.22 bits per heavy atom. The molecule has 3 aromatic heterocycles. The first-order chi connectivity index (χ1) is 22.3. The number of thiophene rings is 1. The van der Waals surface area contributed by atoms with E-state index >= 15 is 0 Å². The van der Waals surface area contributed by atoms with Gasteiger partial charge < -0.3 is 9.13 Å². The first-order valence-electron chi connectivity index (χ1n) is 15.3. The number of hydrogen-bond donors (Lipinski definition) is 0. The van der Waals surface area contributed by atoms with Gasteiger partial charge in [-0.3, -0.25) is 0 Å². The molecule has 0 saturated heterocycles. The zero-order valence-corrected chi connectivity index (χ0v) is 25.9. The van der Waals surface area contributed by atoms with Crippen molar-refractivity contribution in [3.8, 4) is 5.69 Å². The zero-order chi connectivity index (χ0) is 29.5. The van der Waals surface area contributed by atoms with E-state index in [1.165, 1.54) is 80.1 Å². The van der Waals surface area contributed by atoms with Gasteiger partial charge in [-0.25, -0.2) is 0 Å². The number of nitrogens with zero attached hydrogens (tertiary/aromatic N) is 2. The van der Waals surface area contributed by atoms with Crippen LogP contribution in [0.15, 0.2) is 152 Å². The summed E-state index contributed by atoms with van der Waals surface area (Å²) in [5.74, 6) is 0. The van der Waals surface area contributed by atoms with E-state index in [9.17, 15) is 0 Å². The number of benzene rings is 6. The second-order valence-corrected chi connectivity index (χ2v) is 13.9. The molecule has 2 nitrogen and oxygen atoms in total. The Kier molecular flexibility index (Phi) is 5.48. The fourth-order valence-electron chi connectivity index (χ4n) is 7.33. The number of rotatable bonds is 3. The van der Waals surface area contributed by atoms with E-state index in [-0.39, 0.29) is 5.25 Å². The van der Waals surface area contributed by atoms with Crippen molar-refractivity contribution in [1.82, 2.24) is 9.13 Å². The lowest BCUT2D eigenvalue weighted by Gasteiger charge is -2.21. The molecule has 45 heavy (non-hydrogen) atoms. The molecule has 1 unspecified atom stereocenters. The van der Waals surface area contributed by atoms with Crippen LogP contribution in [-0.2, 0) is 0 Å². The van der Waals surface area contributed by atoms with Crippen LogP contribution in [0.4, 0.5) is 0 Å². The highest BCUT2D eigenvalue weighted by Gasteiger charge is 2.25. The van der Waals surface area contributed by atoms with Crippen LogP contribution >= 0.6 is 23.1 Å². The Balaban J connectivity index is 1.24. The lowest BCUT2D eigenvalue weighted by atomic mass is 10.1. The van der Waals surface area contributed by atoms with E-state index in [0.717, 1.165) is 0 Å². The first kappa shape index (κ1) is 25.3. The fraction of sp³-hybridized carbons (Fsp3) is 0.0244. The van der Waals surface area contributed by atoms with Crippen molar-refractivity contribution in [3.63, 3.8) is 0 Å². The molecule has 212 valence electrons. The minimum absolute atomic E-state index is 0.211. The third-order valence-electron chi connectivity index (χ3n) is 9.22. The standard InChI is InChI=1S/C41H26N2S2/c1-2-12-26(13-3-1)42-34-20-8-5-16-31(34)39-35(42)25-24-29-27-14-4-7-19-33(27)43(40(29)39)38-23-11-22-37(44-38)32-18-10-17-30-28-15-6-9-21-36(28)45-41(30)32/h1-25,37H. The predicted molar refractivity (Wildman–Crippen MR) is 197 cm³/mol. The summed E-state index contributed by atoms with van der Waals surface area (Å²) >= 11 is 3.86. The summed E-state index contributed by atoms with van der Waals surface area (Å²) in [7, 11) is 0. The molecule has 1 aliphatic rings. The molecule has 6 aromatic carbocycles. The zero-order valence-electron chi connectivity index (χ0n) is 24.2. The highest BCUT2D eigenvalue weighted by Crippen LogP contribution is 2.49. The normalized spacial score (nSPS) is 15.3. The van der Waals surface area contributed by atoms with Gasteiger partial charge in [0.25, 0.3) is 0 Å². The van der Waals surface area contributed by atoms with Crippen LogP contribution in [0.5, 0.6) is 0 Å². The van der Waals surface area contributed by atoms with Gasteiger partial charge in [0.1, 0.15) is 0 Å². The quantitative estimate of drug-likeness (QED) is 0.193. The van der Waals surface area contributed by atoms with E-state index in [0.29, 0.717) is 0 Å². The highest BCUT2D eigenvalue weighted by molar-refractivity contribution is 8.08. The smallest absolute Gasteiger partial charge is 0.0807 e. The van der Waals surface area contributed by atoms with Crippen molar-refractivity contribution in [3.05, 3.63) is 157 Å². The van der Waals surface area contributed by atoms with Crippen molar-refractivity contribution in [2.24, 2.45) is 0 Å². The number of para-hydroxylation sites is 3. The van der Waals surface area contributed by atoms with Crippen LogP contribution in [0.25, 0.3) is 74.5 Å². The molecule has 10 rings (SSSR count). The molecule has 0 spiro atoms. The molecule has 4 heteroatoms. The fourth-order valence-corrected chi connectivity index (χ4v) is 9.86. The average Bonchev–Trinajstić information content (AvgIpc) is 3.76. The lowest BCUT2D eigenvalue weighted by Crippen LogP contribution is -2.01. The van der Waals surface area contributed by atoms with E-state index in [4.69, 9.17) is 0 Å². The van der Waals surface area contributed by atoms with Gasteiger partial charge in [0, 0.05) is 47.4 Å². The van der Waals surface area contributed by atoms with E-state index in [1.807, 2.05) is 23.1 Å². The molecule has 0 saturated carbocycles. The van der Waals surface area contributed by atoms with Crippen molar-refractivity contribution in [1.29, 1.82) is 0 Å². The third-order valence-corrected chi connectivity index (χ3v) is 11.7. The molecule has 0 fully saturated rings. The van der Waals surface area contributed by atoms with Gasteiger partial charge in [-0.1, -0.05) is 121 Å². The monoisotopic (exact) mass is 610 g/mol. The molecule has 9 aromatic rings. The number of aromatic nitrogens is 2. The maximum Gasteiger partial charge on any atom is 0.0807 e. The van der Waals surface area contributed by atoms with Crippen molar-refractivity contribution in [2.75, 3.05) is 0 Å². The summed E-state index contributed by atoms with van der Waals surface area (Å²) < 4.78 is 7.68. The molecular weight excluding hydrogens is 585 g/mol. The van der Waals surface area contributed by atoms with Gasteiger partial charge in [0.05, 0.1) is 32.3 Å². The number of allylic oxidation sites excluding steroid dienone is 2. The van der Waals surface area contributed by atoms with Gasteiger partial charge in [0.15, 0.2) is 0 Å². The Hall–Kier alpha value is -5.03. The Morgan fingerprint density at radius 1 is 0.511 bits per heavy atom. The largest absolute Gasteiger partial charge is 0.309 e. The van der Waals surface area contributed by atoms with Crippen LogP contribution in [-0.4, -0.2) is 9.13 Å². The third kappa shape index (κ3) is 3.64. The minimum atomic E-state index is 0.211. The predicted octanol–water partition coefficient (Wildman–Crippen LogP) is 12.1. The molecule has 0 aliphatic carbocycles. The van der Waals surface area contributed by atoms with Crippen LogP contribution in [0.1, 0.15) is 10.8 Å². The summed E-state index contributed by atoms with van der Waals surface area (Å²) in [6.07, 6.45) is 6.92. The Bertz CT molecular complexity index is 2680. The molecular formula is C41H26N2S2. The first-order valence-corrected chi connectivity index (χ1v) is 17.0. The van der Waals surface area contributed by atoms with Crippen LogP contribution < -0.4 is 0 Å². The number of thioether (sulfide) groups is 1. The Labute approximate surface area is 268 Å². The molecule has 0 N–H and O–H groups in total. The summed E-state index contributed by atoms with van der Waals surface area (Å²) in [5, 5.41) is 9.29. The lowest BCUT2D eigenvalue weighted by molar-refractivity contribution is 1.18. The van der Waals surface area contributed by atoms with Crippen molar-refractivity contribution >= 4 is 91.9 Å². The summed E-state index contributed by atoms with van der Waals surface area (Å²) in [5.41, 5.74) is 7.52. The van der Waals surface area contributed by atoms with E-state index in [1.54, 1.807) is 0 Å². The topological polar surface area (TPSA) is 9.86 Å². The molecule has 1 aliphatic heterocycles. The average molecular weight is 611 g/mol. The van der Waals surface area contributed by atoms with Gasteiger partial charge in [0.2, 0.25) is 0 Å². The number of fused-ring (bicyclic) bond motifs is 10. The highest BCUT2D eigenvalue weighted by atomic mass is 32.2. The minimum Gasteiger partial charge on any atom is -0.309 e. The van der Waals surface area contributed by atoms with Crippen molar-refractivity contribution < 1.29 is 0 Å². The summed E-state index contributed by atoms with van der Waals surface area (Å²) in [6.45, 7) is 0. The van der Waals surface area contributed by atoms with Crippen LogP contribution in [0.2, 0.25) is 0 Å². The maximum absolute atomic E-state index is 2.53. The van der Waals surface area contributed by atoms with Gasteiger partial charge in [-0.05, 0) is 48.0 Å². The van der Waals surface area contributed by atoms with Crippen LogP contribution in [0.3, 0.4) is 0 Å². The molecule has 4 heterocycles. The second kappa shape index (κ2) is 9.73. The van der Waals surface area contributed by atoms with Gasteiger partial charge in [-0.2, -0.15) is 0 Å². The van der Waals surface area contributed by atoms with E-state index < -0.39 is 0 Å². The Morgan fingerprint density at radius 3 is 2.09 bits per heavy atom. The van der Waals surface area contributed by atoms with Gasteiger partial charge in [-0.15, -0.1) is 11.3 Å². The molecule has 1 atom stereocenters. The van der Waals surface area contributed by atoms with E-state index in [2.05, 4.69) is 161 Å². The van der Waals surface area contributed by atoms with Crippen molar-refractivity contribution in [2.45, 2.75) is 5.25 Å². The summed E-state index contributed by atoms with van der Waals surface area (Å²) in [4.78, 5) is 0. The second-order valence-electron chi connectivity index (χ2n) is 11.6.